The standard InChI is InChI=1S/C33H32O5S/c1-5-13-24(14-6-1)21-34-30-29-28(23-36-32(38-29)26-17-9-3-10-18-26)37-33(39-27-19-11-4-12-20-27)31(30)35-22-25-15-7-2-8-16-25/h1-20,28-33H,21-23H2/t28-,29-,30+,31+,32?,33-/m1/s1. The van der Waals surface area contributed by atoms with Crippen molar-refractivity contribution in [3.8, 4) is 0 Å². The fourth-order valence-corrected chi connectivity index (χ4v) is 6.10. The van der Waals surface area contributed by atoms with Gasteiger partial charge in [0.1, 0.15) is 29.9 Å². The van der Waals surface area contributed by atoms with E-state index in [1.165, 1.54) is 0 Å². The fourth-order valence-electron chi connectivity index (χ4n) is 4.95. The van der Waals surface area contributed by atoms with Crippen LogP contribution >= 0.6 is 11.8 Å². The lowest BCUT2D eigenvalue weighted by Crippen LogP contribution is -2.62. The van der Waals surface area contributed by atoms with Crippen LogP contribution in [-0.2, 0) is 36.9 Å². The molecular formula is C33H32O5S. The topological polar surface area (TPSA) is 46.2 Å². The second-order valence-electron chi connectivity index (χ2n) is 9.67. The molecule has 0 saturated carbocycles. The Bertz CT molecular complexity index is 1270. The molecule has 0 radical (unpaired) electrons. The summed E-state index contributed by atoms with van der Waals surface area (Å²) < 4.78 is 32.8. The van der Waals surface area contributed by atoms with Gasteiger partial charge >= 0.3 is 0 Å². The quantitative estimate of drug-likeness (QED) is 0.233. The van der Waals surface area contributed by atoms with Crippen LogP contribution in [0.1, 0.15) is 23.0 Å². The second kappa shape index (κ2) is 12.9. The number of thioether (sulfide) groups is 1. The number of rotatable bonds is 9. The zero-order chi connectivity index (χ0) is 26.3. The number of benzene rings is 4. The Hall–Kier alpha value is -2.97. The Balaban J connectivity index is 1.30. The molecule has 2 aliphatic heterocycles. The van der Waals surface area contributed by atoms with Gasteiger partial charge in [-0.1, -0.05) is 121 Å². The molecule has 2 aliphatic rings. The zero-order valence-electron chi connectivity index (χ0n) is 21.6. The van der Waals surface area contributed by atoms with E-state index in [-0.39, 0.29) is 29.9 Å². The monoisotopic (exact) mass is 540 g/mol. The van der Waals surface area contributed by atoms with Gasteiger partial charge in [-0.15, -0.1) is 0 Å². The average Bonchev–Trinajstić information content (AvgIpc) is 3.01. The van der Waals surface area contributed by atoms with E-state index in [1.54, 1.807) is 11.8 Å². The average molecular weight is 541 g/mol. The maximum Gasteiger partial charge on any atom is 0.184 e. The molecule has 6 heteroatoms. The summed E-state index contributed by atoms with van der Waals surface area (Å²) in [5, 5.41) is 0. The summed E-state index contributed by atoms with van der Waals surface area (Å²) >= 11 is 1.65. The molecule has 0 amide bonds. The van der Waals surface area contributed by atoms with Crippen molar-refractivity contribution in [1.29, 1.82) is 0 Å². The van der Waals surface area contributed by atoms with Gasteiger partial charge in [-0.05, 0) is 23.3 Å². The molecular weight excluding hydrogens is 508 g/mol. The lowest BCUT2D eigenvalue weighted by molar-refractivity contribution is -0.329. The van der Waals surface area contributed by atoms with E-state index in [9.17, 15) is 0 Å². The summed E-state index contributed by atoms with van der Waals surface area (Å²) in [6, 6.07) is 40.7. The van der Waals surface area contributed by atoms with Gasteiger partial charge in [0.15, 0.2) is 6.29 Å². The first kappa shape index (κ1) is 26.3. The van der Waals surface area contributed by atoms with Gasteiger partial charge < -0.3 is 23.7 Å². The summed E-state index contributed by atoms with van der Waals surface area (Å²) in [4.78, 5) is 1.11. The Morgan fingerprint density at radius 3 is 1.77 bits per heavy atom. The Morgan fingerprint density at radius 1 is 0.615 bits per heavy atom. The van der Waals surface area contributed by atoms with Crippen LogP contribution in [0.4, 0.5) is 0 Å². The highest BCUT2D eigenvalue weighted by atomic mass is 32.2. The highest BCUT2D eigenvalue weighted by molar-refractivity contribution is 7.99. The fraction of sp³-hybridized carbons (Fsp3) is 0.273. The van der Waals surface area contributed by atoms with E-state index in [1.807, 2.05) is 84.9 Å². The molecule has 5 nitrogen and oxygen atoms in total. The van der Waals surface area contributed by atoms with Gasteiger partial charge in [-0.25, -0.2) is 0 Å². The predicted octanol–water partition coefficient (Wildman–Crippen LogP) is 6.79. The van der Waals surface area contributed by atoms with E-state index in [0.717, 1.165) is 21.6 Å². The molecule has 0 aromatic heterocycles. The minimum absolute atomic E-state index is 0.288. The Labute approximate surface area is 234 Å². The van der Waals surface area contributed by atoms with Crippen molar-refractivity contribution in [2.45, 2.75) is 54.3 Å². The maximum atomic E-state index is 6.69. The second-order valence-corrected chi connectivity index (χ2v) is 10.8. The summed E-state index contributed by atoms with van der Waals surface area (Å²) in [6.07, 6.45) is -1.89. The number of fused-ring (bicyclic) bond motifs is 1. The smallest absolute Gasteiger partial charge is 0.184 e. The third-order valence-electron chi connectivity index (χ3n) is 6.92. The van der Waals surface area contributed by atoms with Crippen LogP contribution in [0.25, 0.3) is 0 Å². The van der Waals surface area contributed by atoms with Crippen molar-refractivity contribution in [2.24, 2.45) is 0 Å². The minimum atomic E-state index is -0.494. The van der Waals surface area contributed by atoms with Gasteiger partial charge in [0.2, 0.25) is 0 Å². The predicted molar refractivity (Wildman–Crippen MR) is 151 cm³/mol. The third kappa shape index (κ3) is 6.61. The Kier molecular flexibility index (Phi) is 8.70. The van der Waals surface area contributed by atoms with E-state index < -0.39 is 6.29 Å². The molecule has 2 saturated heterocycles. The molecule has 2 heterocycles. The van der Waals surface area contributed by atoms with Gasteiger partial charge in [-0.3, -0.25) is 0 Å². The number of hydrogen-bond donors (Lipinski definition) is 0. The third-order valence-corrected chi connectivity index (χ3v) is 8.08. The van der Waals surface area contributed by atoms with Gasteiger partial charge in [-0.2, -0.15) is 0 Å². The van der Waals surface area contributed by atoms with Gasteiger partial charge in [0, 0.05) is 10.5 Å². The normalized spacial score (nSPS) is 26.6. The van der Waals surface area contributed by atoms with E-state index in [4.69, 9.17) is 23.7 Å². The van der Waals surface area contributed by atoms with Gasteiger partial charge in [0.05, 0.1) is 19.8 Å². The van der Waals surface area contributed by atoms with E-state index in [2.05, 4.69) is 36.4 Å². The van der Waals surface area contributed by atoms with Crippen LogP contribution in [0.3, 0.4) is 0 Å². The molecule has 0 spiro atoms. The lowest BCUT2D eigenvalue weighted by Gasteiger charge is -2.49. The molecule has 0 aliphatic carbocycles. The minimum Gasteiger partial charge on any atom is -0.368 e. The lowest BCUT2D eigenvalue weighted by atomic mass is 9.98. The molecule has 0 bridgehead atoms. The molecule has 6 atom stereocenters. The van der Waals surface area contributed by atoms with Crippen molar-refractivity contribution >= 4 is 11.8 Å². The summed E-state index contributed by atoms with van der Waals surface area (Å²) in [5.74, 6) is 0. The Morgan fingerprint density at radius 2 is 1.15 bits per heavy atom. The van der Waals surface area contributed by atoms with Crippen LogP contribution < -0.4 is 0 Å². The molecule has 200 valence electrons. The molecule has 39 heavy (non-hydrogen) atoms. The summed E-state index contributed by atoms with van der Waals surface area (Å²) in [6.45, 7) is 1.30. The van der Waals surface area contributed by atoms with Crippen molar-refractivity contribution in [3.05, 3.63) is 138 Å². The van der Waals surface area contributed by atoms with Crippen molar-refractivity contribution < 1.29 is 23.7 Å². The number of hydrogen-bond acceptors (Lipinski definition) is 6. The molecule has 4 aromatic carbocycles. The van der Waals surface area contributed by atoms with Crippen LogP contribution in [0.2, 0.25) is 0 Å². The largest absolute Gasteiger partial charge is 0.368 e. The van der Waals surface area contributed by atoms with Crippen LogP contribution in [0, 0.1) is 0 Å². The molecule has 0 N–H and O–H groups in total. The molecule has 1 unspecified atom stereocenters. The highest BCUT2D eigenvalue weighted by Crippen LogP contribution is 2.41. The zero-order valence-corrected chi connectivity index (χ0v) is 22.4. The molecule has 2 fully saturated rings. The molecule has 6 rings (SSSR count). The first-order valence-corrected chi connectivity index (χ1v) is 14.2. The van der Waals surface area contributed by atoms with Crippen molar-refractivity contribution in [2.75, 3.05) is 6.61 Å². The van der Waals surface area contributed by atoms with Crippen LogP contribution in [0.5, 0.6) is 0 Å². The van der Waals surface area contributed by atoms with E-state index in [0.29, 0.717) is 19.8 Å². The summed E-state index contributed by atoms with van der Waals surface area (Å²) in [7, 11) is 0. The maximum absolute atomic E-state index is 6.69. The van der Waals surface area contributed by atoms with Crippen LogP contribution in [0.15, 0.2) is 126 Å². The summed E-state index contributed by atoms with van der Waals surface area (Å²) in [5.41, 5.74) is 2.86. The SMILES string of the molecule is c1ccc(CO[C@@H]2[C@H](OCc3ccccc3)[C@@H](Sc3ccccc3)O[C@@H]3COC(c4ccccc4)O[C@@H]23)cc1. The van der Waals surface area contributed by atoms with Crippen molar-refractivity contribution in [1.82, 2.24) is 0 Å². The van der Waals surface area contributed by atoms with E-state index >= 15 is 0 Å². The molecule has 4 aromatic rings. The highest BCUT2D eigenvalue weighted by Gasteiger charge is 2.51. The van der Waals surface area contributed by atoms with Crippen molar-refractivity contribution in [3.63, 3.8) is 0 Å². The van der Waals surface area contributed by atoms with Crippen LogP contribution in [-0.4, -0.2) is 36.5 Å². The first-order chi connectivity index (χ1) is 19.3. The first-order valence-electron chi connectivity index (χ1n) is 13.3. The number of ether oxygens (including phenoxy) is 5. The van der Waals surface area contributed by atoms with Gasteiger partial charge in [0.25, 0.3) is 0 Å².